The van der Waals surface area contributed by atoms with E-state index in [1.54, 1.807) is 7.11 Å². The number of rotatable bonds is 9. The van der Waals surface area contributed by atoms with Crippen LogP contribution in [-0.2, 0) is 0 Å². The molecule has 0 saturated carbocycles. The van der Waals surface area contributed by atoms with Crippen LogP contribution in [0, 0.1) is 0 Å². The molecule has 0 aromatic heterocycles. The summed E-state index contributed by atoms with van der Waals surface area (Å²) in [5.41, 5.74) is 1.27. The summed E-state index contributed by atoms with van der Waals surface area (Å²) < 4.78 is 6.59. The Kier molecular flexibility index (Phi) is 8.15. The zero-order chi connectivity index (χ0) is 14.1. The summed E-state index contributed by atoms with van der Waals surface area (Å²) >= 11 is 3.50. The fraction of sp³-hybridized carbons (Fsp3) is 0.625. The molecule has 0 saturated heterocycles. The first-order chi connectivity index (χ1) is 9.22. The molecule has 1 unspecified atom stereocenters. The standard InChI is InChI=1S/C16H26BrNO/c1-4-6-7-8-15(18-11-5-2)14-10-9-13(17)12-16(14)19-3/h9-10,12,15,18H,4-8,11H2,1-3H3. The third-order valence-corrected chi connectivity index (χ3v) is 3.80. The number of methoxy groups -OCH3 is 1. The maximum Gasteiger partial charge on any atom is 0.124 e. The summed E-state index contributed by atoms with van der Waals surface area (Å²) in [4.78, 5) is 0. The monoisotopic (exact) mass is 327 g/mol. The molecule has 108 valence electrons. The lowest BCUT2D eigenvalue weighted by molar-refractivity contribution is 0.391. The van der Waals surface area contributed by atoms with Crippen LogP contribution in [0.5, 0.6) is 5.75 Å². The van der Waals surface area contributed by atoms with Gasteiger partial charge in [0.05, 0.1) is 7.11 Å². The lowest BCUT2D eigenvalue weighted by atomic mass is 9.99. The normalized spacial score (nSPS) is 12.4. The van der Waals surface area contributed by atoms with Crippen LogP contribution in [0.4, 0.5) is 0 Å². The molecule has 19 heavy (non-hydrogen) atoms. The third-order valence-electron chi connectivity index (χ3n) is 3.31. The number of halogens is 1. The number of ether oxygens (including phenoxy) is 1. The highest BCUT2D eigenvalue weighted by Crippen LogP contribution is 2.31. The van der Waals surface area contributed by atoms with E-state index >= 15 is 0 Å². The van der Waals surface area contributed by atoms with Gasteiger partial charge < -0.3 is 10.1 Å². The van der Waals surface area contributed by atoms with E-state index in [0.717, 1.165) is 23.2 Å². The number of benzene rings is 1. The highest BCUT2D eigenvalue weighted by molar-refractivity contribution is 9.10. The Morgan fingerprint density at radius 3 is 2.63 bits per heavy atom. The van der Waals surface area contributed by atoms with Gasteiger partial charge in [0.1, 0.15) is 5.75 Å². The summed E-state index contributed by atoms with van der Waals surface area (Å²) in [6, 6.07) is 6.71. The second-order valence-corrected chi connectivity index (χ2v) is 5.80. The first kappa shape index (κ1) is 16.5. The highest BCUT2D eigenvalue weighted by atomic mass is 79.9. The fourth-order valence-corrected chi connectivity index (χ4v) is 2.60. The number of nitrogens with one attached hydrogen (secondary N) is 1. The minimum atomic E-state index is 0.398. The summed E-state index contributed by atoms with van der Waals surface area (Å²) in [5.74, 6) is 0.972. The van der Waals surface area contributed by atoms with Crippen molar-refractivity contribution in [2.45, 2.75) is 52.0 Å². The Bertz CT molecular complexity index is 368. The van der Waals surface area contributed by atoms with Crippen molar-refractivity contribution < 1.29 is 4.74 Å². The van der Waals surface area contributed by atoms with E-state index in [-0.39, 0.29) is 0 Å². The average Bonchev–Trinajstić information content (AvgIpc) is 2.43. The third kappa shape index (κ3) is 5.53. The Morgan fingerprint density at radius 1 is 1.21 bits per heavy atom. The molecule has 3 heteroatoms. The first-order valence-electron chi connectivity index (χ1n) is 7.29. The first-order valence-corrected chi connectivity index (χ1v) is 8.09. The summed E-state index contributed by atoms with van der Waals surface area (Å²) in [6.45, 7) is 5.50. The SMILES string of the molecule is CCCCCC(NCCC)c1ccc(Br)cc1OC. The van der Waals surface area contributed by atoms with Crippen LogP contribution in [0.25, 0.3) is 0 Å². The molecule has 1 aromatic rings. The molecule has 1 N–H and O–H groups in total. The van der Waals surface area contributed by atoms with Crippen molar-refractivity contribution in [2.24, 2.45) is 0 Å². The van der Waals surface area contributed by atoms with Gasteiger partial charge in [-0.05, 0) is 31.5 Å². The molecule has 0 fully saturated rings. The predicted molar refractivity (Wildman–Crippen MR) is 85.9 cm³/mol. The van der Waals surface area contributed by atoms with E-state index in [4.69, 9.17) is 4.74 Å². The highest BCUT2D eigenvalue weighted by Gasteiger charge is 2.15. The van der Waals surface area contributed by atoms with E-state index in [9.17, 15) is 0 Å². The smallest absolute Gasteiger partial charge is 0.124 e. The molecule has 0 radical (unpaired) electrons. The van der Waals surface area contributed by atoms with Gasteiger partial charge in [-0.1, -0.05) is 55.1 Å². The molecule has 1 aromatic carbocycles. The van der Waals surface area contributed by atoms with Crippen LogP contribution < -0.4 is 10.1 Å². The van der Waals surface area contributed by atoms with E-state index in [2.05, 4.69) is 53.3 Å². The second kappa shape index (κ2) is 9.38. The van der Waals surface area contributed by atoms with E-state index in [0.29, 0.717) is 6.04 Å². The number of hydrogen-bond donors (Lipinski definition) is 1. The van der Waals surface area contributed by atoms with Crippen LogP contribution in [0.3, 0.4) is 0 Å². The fourth-order valence-electron chi connectivity index (χ4n) is 2.26. The van der Waals surface area contributed by atoms with Crippen molar-refractivity contribution in [2.75, 3.05) is 13.7 Å². The van der Waals surface area contributed by atoms with Crippen molar-refractivity contribution in [1.29, 1.82) is 0 Å². The van der Waals surface area contributed by atoms with Crippen LogP contribution >= 0.6 is 15.9 Å². The van der Waals surface area contributed by atoms with Crippen molar-refractivity contribution in [3.8, 4) is 5.75 Å². The predicted octanol–water partition coefficient (Wildman–Crippen LogP) is 5.08. The molecule has 0 aliphatic rings. The van der Waals surface area contributed by atoms with Crippen molar-refractivity contribution >= 4 is 15.9 Å². The topological polar surface area (TPSA) is 21.3 Å². The van der Waals surface area contributed by atoms with Crippen LogP contribution in [0.15, 0.2) is 22.7 Å². The van der Waals surface area contributed by atoms with Crippen LogP contribution in [0.1, 0.15) is 57.6 Å². The van der Waals surface area contributed by atoms with Gasteiger partial charge in [0.25, 0.3) is 0 Å². The summed E-state index contributed by atoms with van der Waals surface area (Å²) in [5, 5.41) is 3.64. The van der Waals surface area contributed by atoms with Gasteiger partial charge in [-0.3, -0.25) is 0 Å². The van der Waals surface area contributed by atoms with Crippen LogP contribution in [0.2, 0.25) is 0 Å². The number of hydrogen-bond acceptors (Lipinski definition) is 2. The Labute approximate surface area is 126 Å². The van der Waals surface area contributed by atoms with Gasteiger partial charge in [0.2, 0.25) is 0 Å². The Morgan fingerprint density at radius 2 is 2.00 bits per heavy atom. The number of unbranched alkanes of at least 4 members (excludes halogenated alkanes) is 2. The van der Waals surface area contributed by atoms with Gasteiger partial charge in [0, 0.05) is 16.1 Å². The molecular formula is C16H26BrNO. The van der Waals surface area contributed by atoms with Gasteiger partial charge in [-0.2, -0.15) is 0 Å². The minimum Gasteiger partial charge on any atom is -0.496 e. The molecule has 2 nitrogen and oxygen atoms in total. The molecule has 0 spiro atoms. The van der Waals surface area contributed by atoms with Crippen molar-refractivity contribution in [1.82, 2.24) is 5.32 Å². The Balaban J connectivity index is 2.82. The van der Waals surface area contributed by atoms with Gasteiger partial charge in [-0.15, -0.1) is 0 Å². The molecule has 0 heterocycles. The molecule has 0 bridgehead atoms. The molecule has 1 rings (SSSR count). The second-order valence-electron chi connectivity index (χ2n) is 4.89. The molecule has 0 aliphatic carbocycles. The lowest BCUT2D eigenvalue weighted by Crippen LogP contribution is -2.22. The van der Waals surface area contributed by atoms with Crippen LogP contribution in [-0.4, -0.2) is 13.7 Å². The van der Waals surface area contributed by atoms with Crippen molar-refractivity contribution in [3.63, 3.8) is 0 Å². The molecule has 0 amide bonds. The van der Waals surface area contributed by atoms with Gasteiger partial charge >= 0.3 is 0 Å². The molecule has 1 atom stereocenters. The summed E-state index contributed by atoms with van der Waals surface area (Å²) in [6.07, 6.45) is 6.15. The average molecular weight is 328 g/mol. The van der Waals surface area contributed by atoms with E-state index < -0.39 is 0 Å². The quantitative estimate of drug-likeness (QED) is 0.638. The zero-order valence-corrected chi connectivity index (χ0v) is 13.9. The van der Waals surface area contributed by atoms with Crippen molar-refractivity contribution in [3.05, 3.63) is 28.2 Å². The molecular weight excluding hydrogens is 302 g/mol. The maximum atomic E-state index is 5.52. The molecule has 0 aliphatic heterocycles. The van der Waals surface area contributed by atoms with Gasteiger partial charge in [0.15, 0.2) is 0 Å². The van der Waals surface area contributed by atoms with E-state index in [1.165, 1.54) is 31.2 Å². The zero-order valence-electron chi connectivity index (χ0n) is 12.3. The Hall–Kier alpha value is -0.540. The van der Waals surface area contributed by atoms with E-state index in [1.807, 2.05) is 0 Å². The minimum absolute atomic E-state index is 0.398. The van der Waals surface area contributed by atoms with Gasteiger partial charge in [-0.25, -0.2) is 0 Å². The maximum absolute atomic E-state index is 5.52. The lowest BCUT2D eigenvalue weighted by Gasteiger charge is -2.21. The largest absolute Gasteiger partial charge is 0.496 e. The summed E-state index contributed by atoms with van der Waals surface area (Å²) in [7, 11) is 1.74.